The van der Waals surface area contributed by atoms with Gasteiger partial charge in [0.25, 0.3) is 0 Å². The number of hydrogen-bond acceptors (Lipinski definition) is 2. The molecule has 7 heteroatoms. The number of carbonyl (C=O) groups excluding carboxylic acids is 1. The molecule has 0 saturated heterocycles. The van der Waals surface area contributed by atoms with Crippen molar-refractivity contribution in [2.24, 2.45) is 0 Å². The van der Waals surface area contributed by atoms with Gasteiger partial charge in [-0.25, -0.2) is 9.59 Å². The van der Waals surface area contributed by atoms with E-state index in [4.69, 9.17) is 23.2 Å². The van der Waals surface area contributed by atoms with E-state index < -0.39 is 12.0 Å². The molecule has 0 atom stereocenters. The molecule has 0 heterocycles. The quantitative estimate of drug-likeness (QED) is 0.567. The van der Waals surface area contributed by atoms with Gasteiger partial charge < -0.3 is 15.7 Å². The van der Waals surface area contributed by atoms with E-state index in [9.17, 15) is 14.7 Å². The Kier molecular flexibility index (Phi) is 4.79. The molecule has 0 saturated carbocycles. The summed E-state index contributed by atoms with van der Waals surface area (Å²) in [4.78, 5) is 23.9. The predicted molar refractivity (Wildman–Crippen MR) is 100 cm³/mol. The third-order valence-corrected chi connectivity index (χ3v) is 4.23. The molecule has 0 aliphatic carbocycles. The fourth-order valence-corrected chi connectivity index (χ4v) is 2.95. The Balaban J connectivity index is 1.98. The Hall–Kier alpha value is -2.76. The highest BCUT2D eigenvalue weighted by molar-refractivity contribution is 6.39. The van der Waals surface area contributed by atoms with Gasteiger partial charge in [0.05, 0.1) is 27.0 Å². The molecule has 0 aliphatic rings. The lowest BCUT2D eigenvalue weighted by atomic mass is 10.0. The van der Waals surface area contributed by atoms with E-state index >= 15 is 0 Å². The van der Waals surface area contributed by atoms with Gasteiger partial charge in [0, 0.05) is 5.39 Å². The highest BCUT2D eigenvalue weighted by Crippen LogP contribution is 2.31. The lowest BCUT2D eigenvalue weighted by Crippen LogP contribution is -2.21. The van der Waals surface area contributed by atoms with Gasteiger partial charge >= 0.3 is 12.0 Å². The zero-order chi connectivity index (χ0) is 18.0. The van der Waals surface area contributed by atoms with Crippen LogP contribution in [0.25, 0.3) is 10.8 Å². The molecule has 0 radical (unpaired) electrons. The molecule has 25 heavy (non-hydrogen) atoms. The molecule has 3 aromatic rings. The molecule has 0 fully saturated rings. The van der Waals surface area contributed by atoms with Gasteiger partial charge in [0.15, 0.2) is 0 Å². The lowest BCUT2D eigenvalue weighted by molar-refractivity contribution is 0.0698. The third-order valence-electron chi connectivity index (χ3n) is 3.60. The summed E-state index contributed by atoms with van der Waals surface area (Å²) in [6, 6.07) is 14.5. The van der Waals surface area contributed by atoms with Gasteiger partial charge in [-0.05, 0) is 23.6 Å². The Morgan fingerprint density at radius 1 is 0.800 bits per heavy atom. The zero-order valence-electron chi connectivity index (χ0n) is 12.7. The van der Waals surface area contributed by atoms with E-state index in [1.807, 2.05) is 12.1 Å². The second-order valence-electron chi connectivity index (χ2n) is 5.19. The maximum absolute atomic E-state index is 12.4. The second kappa shape index (κ2) is 7.01. The number of nitrogens with one attached hydrogen (secondary N) is 2. The maximum atomic E-state index is 12.4. The minimum absolute atomic E-state index is 0.0147. The normalized spacial score (nSPS) is 10.5. The molecular weight excluding hydrogens is 363 g/mol. The molecule has 0 aromatic heterocycles. The van der Waals surface area contributed by atoms with Crippen LogP contribution in [-0.4, -0.2) is 17.1 Å². The van der Waals surface area contributed by atoms with Crippen LogP contribution in [0.15, 0.2) is 54.6 Å². The molecule has 3 aromatic carbocycles. The first-order chi connectivity index (χ1) is 12.0. The van der Waals surface area contributed by atoms with E-state index in [-0.39, 0.29) is 27.0 Å². The molecule has 2 amide bonds. The number of anilines is 2. The van der Waals surface area contributed by atoms with Crippen molar-refractivity contribution in [2.45, 2.75) is 0 Å². The van der Waals surface area contributed by atoms with Crippen molar-refractivity contribution in [2.75, 3.05) is 10.6 Å². The zero-order valence-corrected chi connectivity index (χ0v) is 14.2. The predicted octanol–water partition coefficient (Wildman–Crippen LogP) is 5.49. The van der Waals surface area contributed by atoms with Crippen LogP contribution in [-0.2, 0) is 0 Å². The number of carboxylic acid groups (broad SMARTS) is 1. The highest BCUT2D eigenvalue weighted by atomic mass is 35.5. The van der Waals surface area contributed by atoms with Crippen molar-refractivity contribution in [3.05, 3.63) is 70.2 Å². The molecule has 126 valence electrons. The van der Waals surface area contributed by atoms with E-state index in [1.165, 1.54) is 6.07 Å². The molecule has 3 N–H and O–H groups in total. The van der Waals surface area contributed by atoms with Gasteiger partial charge in [-0.2, -0.15) is 0 Å². The largest absolute Gasteiger partial charge is 0.478 e. The second-order valence-corrected chi connectivity index (χ2v) is 6.00. The maximum Gasteiger partial charge on any atom is 0.337 e. The van der Waals surface area contributed by atoms with Crippen molar-refractivity contribution in [3.8, 4) is 0 Å². The van der Waals surface area contributed by atoms with E-state index in [0.717, 1.165) is 5.39 Å². The number of amides is 2. The highest BCUT2D eigenvalue weighted by Gasteiger charge is 2.17. The Morgan fingerprint density at radius 2 is 1.44 bits per heavy atom. The summed E-state index contributed by atoms with van der Waals surface area (Å²) in [5.74, 6) is -1.14. The molecule has 0 aliphatic heterocycles. The molecule has 0 spiro atoms. The van der Waals surface area contributed by atoms with Crippen molar-refractivity contribution >= 4 is 57.3 Å². The summed E-state index contributed by atoms with van der Waals surface area (Å²) < 4.78 is 0. The number of hydrogen-bond donors (Lipinski definition) is 3. The van der Waals surface area contributed by atoms with Crippen molar-refractivity contribution < 1.29 is 14.7 Å². The number of fused-ring (bicyclic) bond motifs is 1. The van der Waals surface area contributed by atoms with Crippen molar-refractivity contribution in [1.29, 1.82) is 0 Å². The molecule has 3 rings (SSSR count). The first kappa shape index (κ1) is 17.1. The van der Waals surface area contributed by atoms with Crippen LogP contribution in [0.2, 0.25) is 10.0 Å². The molecular formula is C18H12Cl2N2O3. The number of para-hydroxylation sites is 1. The molecule has 0 bridgehead atoms. The van der Waals surface area contributed by atoms with Crippen LogP contribution in [0, 0.1) is 0 Å². The average molecular weight is 375 g/mol. The van der Waals surface area contributed by atoms with E-state index in [2.05, 4.69) is 10.6 Å². The number of carboxylic acids is 1. The summed E-state index contributed by atoms with van der Waals surface area (Å²) in [5, 5.41) is 16.5. The minimum atomic E-state index is -1.14. The lowest BCUT2D eigenvalue weighted by Gasteiger charge is -2.14. The van der Waals surface area contributed by atoms with E-state index in [1.54, 1.807) is 36.4 Å². The Labute approximate surface area is 153 Å². The number of benzene rings is 3. The van der Waals surface area contributed by atoms with Crippen molar-refractivity contribution in [3.63, 3.8) is 0 Å². The first-order valence-electron chi connectivity index (χ1n) is 7.24. The van der Waals surface area contributed by atoms with Gasteiger partial charge in [-0.1, -0.05) is 59.6 Å². The summed E-state index contributed by atoms with van der Waals surface area (Å²) >= 11 is 12.1. The summed E-state index contributed by atoms with van der Waals surface area (Å²) in [7, 11) is 0. The summed E-state index contributed by atoms with van der Waals surface area (Å²) in [6.07, 6.45) is 0. The topological polar surface area (TPSA) is 78.4 Å². The average Bonchev–Trinajstić information content (AvgIpc) is 2.58. The van der Waals surface area contributed by atoms with Gasteiger partial charge in [0.1, 0.15) is 0 Å². The van der Waals surface area contributed by atoms with Crippen LogP contribution in [0.3, 0.4) is 0 Å². The van der Waals surface area contributed by atoms with Crippen LogP contribution in [0.5, 0.6) is 0 Å². The van der Waals surface area contributed by atoms with Gasteiger partial charge in [-0.3, -0.25) is 0 Å². The number of halogens is 2. The monoisotopic (exact) mass is 374 g/mol. The smallest absolute Gasteiger partial charge is 0.337 e. The standard InChI is InChI=1S/C18H12Cl2N2O3/c19-13-6-3-7-14(20)16(13)22-18(25)21-15-11-5-2-1-4-10(11)8-9-12(15)17(23)24/h1-9H,(H,23,24)(H2,21,22,25). The summed E-state index contributed by atoms with van der Waals surface area (Å²) in [6.45, 7) is 0. The Morgan fingerprint density at radius 3 is 2.12 bits per heavy atom. The SMILES string of the molecule is O=C(Nc1c(Cl)cccc1Cl)Nc1c(C(=O)O)ccc2ccccc12. The van der Waals surface area contributed by atoms with Crippen LogP contribution >= 0.6 is 23.2 Å². The van der Waals surface area contributed by atoms with Crippen LogP contribution in [0.1, 0.15) is 10.4 Å². The number of carbonyl (C=O) groups is 2. The number of rotatable bonds is 3. The fourth-order valence-electron chi connectivity index (χ4n) is 2.46. The fraction of sp³-hybridized carbons (Fsp3) is 0. The first-order valence-corrected chi connectivity index (χ1v) is 8.00. The molecule has 0 unspecified atom stereocenters. The van der Waals surface area contributed by atoms with Crippen molar-refractivity contribution in [1.82, 2.24) is 0 Å². The third kappa shape index (κ3) is 3.52. The van der Waals surface area contributed by atoms with Crippen LogP contribution < -0.4 is 10.6 Å². The molecule has 5 nitrogen and oxygen atoms in total. The van der Waals surface area contributed by atoms with E-state index in [0.29, 0.717) is 5.39 Å². The van der Waals surface area contributed by atoms with Gasteiger partial charge in [0.2, 0.25) is 0 Å². The number of aromatic carboxylic acids is 1. The Bertz CT molecular complexity index is 969. The van der Waals surface area contributed by atoms with Gasteiger partial charge in [-0.15, -0.1) is 0 Å². The number of urea groups is 1. The van der Waals surface area contributed by atoms with Crippen LogP contribution in [0.4, 0.5) is 16.2 Å². The minimum Gasteiger partial charge on any atom is -0.478 e. The summed E-state index contributed by atoms with van der Waals surface area (Å²) in [5.41, 5.74) is 0.436.